The molecule has 1 aliphatic heterocycles. The van der Waals surface area contributed by atoms with Gasteiger partial charge in [0.15, 0.2) is 0 Å². The summed E-state index contributed by atoms with van der Waals surface area (Å²) in [5, 5.41) is 40.6. The van der Waals surface area contributed by atoms with Crippen molar-refractivity contribution in [3.8, 4) is 6.07 Å². The van der Waals surface area contributed by atoms with Gasteiger partial charge in [0.05, 0.1) is 36.2 Å². The Balaban J connectivity index is 2.30. The largest absolute Gasteiger partial charge is 0.481 e. The maximum Gasteiger partial charge on any atom is 0.308 e. The summed E-state index contributed by atoms with van der Waals surface area (Å²) in [6, 6.07) is 2.10. The van der Waals surface area contributed by atoms with Crippen molar-refractivity contribution in [3.63, 3.8) is 0 Å². The molecule has 0 radical (unpaired) electrons. The highest BCUT2D eigenvalue weighted by atomic mass is 16.5. The van der Waals surface area contributed by atoms with Gasteiger partial charge in [0.1, 0.15) is 6.10 Å². The molecule has 0 saturated heterocycles. The Hall–Kier alpha value is -2.17. The number of cyclic esters (lactones) is 1. The molecular formula is C28H43NO6. The molecule has 0 amide bonds. The van der Waals surface area contributed by atoms with E-state index < -0.39 is 36.2 Å². The molecule has 0 aromatic heterocycles. The van der Waals surface area contributed by atoms with E-state index in [9.17, 15) is 30.2 Å². The first-order valence-corrected chi connectivity index (χ1v) is 13.1. The molecule has 0 unspecified atom stereocenters. The molecule has 1 heterocycles. The van der Waals surface area contributed by atoms with E-state index >= 15 is 0 Å². The Morgan fingerprint density at radius 3 is 2.34 bits per heavy atom. The highest BCUT2D eigenvalue weighted by Crippen LogP contribution is 2.37. The number of ether oxygens (including phenoxy) is 1. The monoisotopic (exact) mass is 489 g/mol. The lowest BCUT2D eigenvalue weighted by molar-refractivity contribution is -0.159. The minimum Gasteiger partial charge on any atom is -0.481 e. The topological polar surface area (TPSA) is 128 Å². The first-order chi connectivity index (χ1) is 16.5. The summed E-state index contributed by atoms with van der Waals surface area (Å²) in [5.41, 5.74) is 0.282. The molecule has 1 saturated carbocycles. The number of nitriles is 1. The van der Waals surface area contributed by atoms with E-state index in [2.05, 4.69) is 19.9 Å². The smallest absolute Gasteiger partial charge is 0.308 e. The van der Waals surface area contributed by atoms with Gasteiger partial charge in [-0.05, 0) is 61.9 Å². The maximum absolute atomic E-state index is 12.7. The number of aliphatic hydroxyl groups excluding tert-OH is 2. The van der Waals surface area contributed by atoms with Crippen molar-refractivity contribution in [1.29, 1.82) is 5.26 Å². The standard InChI is InChI=1S/C28H43NO6/c1-17-12-18(2)14-20(4)27(32)21(16-29)8-5-6-11-25(22-9-7-10-23(22)28(33)34)35-26(31)15-24(30)19(3)13-17/h5-6,8,17-20,22-25,27,30,32H,7,9-15H2,1-4H3,(H,33,34)/b6-5+,21-8-/t17-,18+,19-,20-,22-,23+,24-,25-,27+/m0/s1. The van der Waals surface area contributed by atoms with Gasteiger partial charge in [-0.25, -0.2) is 0 Å². The fraction of sp³-hybridized carbons (Fsp3) is 0.750. The van der Waals surface area contributed by atoms with E-state index in [1.165, 1.54) is 0 Å². The zero-order chi connectivity index (χ0) is 26.1. The van der Waals surface area contributed by atoms with Crippen LogP contribution in [0.2, 0.25) is 0 Å². The van der Waals surface area contributed by atoms with Gasteiger partial charge in [0, 0.05) is 12.3 Å². The fourth-order valence-corrected chi connectivity index (χ4v) is 5.97. The van der Waals surface area contributed by atoms with Crippen LogP contribution in [-0.4, -0.2) is 45.6 Å². The number of hydrogen-bond acceptors (Lipinski definition) is 6. The van der Waals surface area contributed by atoms with Crippen LogP contribution in [0.5, 0.6) is 0 Å². The van der Waals surface area contributed by atoms with Gasteiger partial charge in [-0.3, -0.25) is 9.59 Å². The van der Waals surface area contributed by atoms with Crippen LogP contribution in [-0.2, 0) is 14.3 Å². The zero-order valence-electron chi connectivity index (χ0n) is 21.6. The molecule has 196 valence electrons. The van der Waals surface area contributed by atoms with Crippen molar-refractivity contribution in [2.75, 3.05) is 0 Å². The molecular weight excluding hydrogens is 446 g/mol. The van der Waals surface area contributed by atoms with E-state index in [1.54, 1.807) is 18.2 Å². The third kappa shape index (κ3) is 8.77. The van der Waals surface area contributed by atoms with E-state index in [4.69, 9.17) is 4.74 Å². The number of esters is 1. The van der Waals surface area contributed by atoms with Gasteiger partial charge in [0.25, 0.3) is 0 Å². The number of carbonyl (C=O) groups is 2. The molecule has 2 rings (SSSR count). The number of rotatable bonds is 2. The van der Waals surface area contributed by atoms with Crippen LogP contribution in [0.4, 0.5) is 0 Å². The van der Waals surface area contributed by atoms with Crippen LogP contribution < -0.4 is 0 Å². The van der Waals surface area contributed by atoms with Gasteiger partial charge in [-0.2, -0.15) is 5.26 Å². The number of carbonyl (C=O) groups excluding carboxylic acids is 1. The molecule has 2 aliphatic rings. The second-order valence-corrected chi connectivity index (χ2v) is 11.1. The van der Waals surface area contributed by atoms with Crippen molar-refractivity contribution in [2.24, 2.45) is 35.5 Å². The SMILES string of the molecule is C[C@@H]1C[C@H](C)C[C@H](C)[C@@H](O)CC(=O)O[C@H]([C@H]2CCC[C@H]2C(=O)O)C/C=C/C=C(/C#N)[C@H](O)[C@@H](C)C1. The highest BCUT2D eigenvalue weighted by molar-refractivity contribution is 5.72. The molecule has 9 atom stereocenters. The van der Waals surface area contributed by atoms with E-state index in [0.29, 0.717) is 31.1 Å². The Morgan fingerprint density at radius 2 is 1.71 bits per heavy atom. The van der Waals surface area contributed by atoms with Crippen LogP contribution in [0.1, 0.15) is 79.1 Å². The Labute approximate surface area is 209 Å². The summed E-state index contributed by atoms with van der Waals surface area (Å²) < 4.78 is 5.77. The number of allylic oxidation sites excluding steroid dienone is 2. The average Bonchev–Trinajstić information content (AvgIpc) is 3.27. The second-order valence-electron chi connectivity index (χ2n) is 11.1. The van der Waals surface area contributed by atoms with Crippen LogP contribution in [0.15, 0.2) is 23.8 Å². The second kappa shape index (κ2) is 13.8. The lowest BCUT2D eigenvalue weighted by Gasteiger charge is -2.28. The van der Waals surface area contributed by atoms with Crippen molar-refractivity contribution < 1.29 is 29.6 Å². The zero-order valence-corrected chi connectivity index (χ0v) is 21.6. The van der Waals surface area contributed by atoms with Gasteiger partial charge in [-0.1, -0.05) is 46.3 Å². The number of carboxylic acid groups (broad SMARTS) is 1. The molecule has 0 aromatic rings. The summed E-state index contributed by atoms with van der Waals surface area (Å²) >= 11 is 0. The summed E-state index contributed by atoms with van der Waals surface area (Å²) in [6.07, 6.45) is 7.33. The maximum atomic E-state index is 12.7. The van der Waals surface area contributed by atoms with E-state index in [0.717, 1.165) is 25.7 Å². The fourth-order valence-electron chi connectivity index (χ4n) is 5.97. The lowest BCUT2D eigenvalue weighted by atomic mass is 9.82. The van der Waals surface area contributed by atoms with E-state index in [1.807, 2.05) is 13.8 Å². The van der Waals surface area contributed by atoms with Crippen molar-refractivity contribution in [3.05, 3.63) is 23.8 Å². The molecule has 0 aromatic carbocycles. The number of nitrogens with zero attached hydrogens (tertiary/aromatic N) is 1. The molecule has 3 N–H and O–H groups in total. The first-order valence-electron chi connectivity index (χ1n) is 13.1. The molecule has 0 spiro atoms. The summed E-state index contributed by atoms with van der Waals surface area (Å²) in [6.45, 7) is 8.16. The van der Waals surface area contributed by atoms with Gasteiger partial charge in [-0.15, -0.1) is 0 Å². The Bertz CT molecular complexity index is 815. The Morgan fingerprint density at radius 1 is 1.06 bits per heavy atom. The molecule has 1 aliphatic carbocycles. The predicted molar refractivity (Wildman–Crippen MR) is 133 cm³/mol. The Kier molecular flexibility index (Phi) is 11.5. The lowest BCUT2D eigenvalue weighted by Crippen LogP contribution is -2.34. The summed E-state index contributed by atoms with van der Waals surface area (Å²) in [4.78, 5) is 24.5. The van der Waals surface area contributed by atoms with Crippen molar-refractivity contribution >= 4 is 11.9 Å². The van der Waals surface area contributed by atoms with Crippen molar-refractivity contribution in [2.45, 2.75) is 97.4 Å². The van der Waals surface area contributed by atoms with E-state index in [-0.39, 0.29) is 29.7 Å². The quantitative estimate of drug-likeness (QED) is 0.482. The third-order valence-corrected chi connectivity index (χ3v) is 7.80. The summed E-state index contributed by atoms with van der Waals surface area (Å²) in [5.74, 6) is -1.77. The molecule has 7 heteroatoms. The molecule has 7 nitrogen and oxygen atoms in total. The highest BCUT2D eigenvalue weighted by Gasteiger charge is 2.39. The predicted octanol–water partition coefficient (Wildman–Crippen LogP) is 4.64. The summed E-state index contributed by atoms with van der Waals surface area (Å²) in [7, 11) is 0. The van der Waals surface area contributed by atoms with Gasteiger partial charge < -0.3 is 20.1 Å². The van der Waals surface area contributed by atoms with Gasteiger partial charge >= 0.3 is 11.9 Å². The number of aliphatic hydroxyl groups is 2. The molecule has 1 fully saturated rings. The van der Waals surface area contributed by atoms with Crippen LogP contribution >= 0.6 is 0 Å². The first kappa shape index (κ1) is 29.1. The van der Waals surface area contributed by atoms with Crippen molar-refractivity contribution in [1.82, 2.24) is 0 Å². The third-order valence-electron chi connectivity index (χ3n) is 7.80. The number of hydrogen-bond donors (Lipinski definition) is 3. The normalized spacial score (nSPS) is 40.9. The van der Waals surface area contributed by atoms with Crippen LogP contribution in [0.25, 0.3) is 0 Å². The van der Waals surface area contributed by atoms with Crippen LogP contribution in [0.3, 0.4) is 0 Å². The number of aliphatic carboxylic acids is 1. The molecule has 0 bridgehead atoms. The number of carboxylic acids is 1. The van der Waals surface area contributed by atoms with Gasteiger partial charge in [0.2, 0.25) is 0 Å². The van der Waals surface area contributed by atoms with Crippen LogP contribution in [0, 0.1) is 46.8 Å². The average molecular weight is 490 g/mol. The minimum absolute atomic E-state index is 0.0816. The minimum atomic E-state index is -0.882. The molecule has 35 heavy (non-hydrogen) atoms.